The average molecular weight is 357 g/mol. The molecular weight excluding hydrogens is 326 g/mol. The van der Waals surface area contributed by atoms with Crippen molar-refractivity contribution in [3.8, 4) is 0 Å². The van der Waals surface area contributed by atoms with Gasteiger partial charge in [0.05, 0.1) is 18.8 Å². The number of carbonyl (C=O) groups is 1. The molecule has 0 radical (unpaired) electrons. The minimum atomic E-state index is -0.468. The van der Waals surface area contributed by atoms with Crippen LogP contribution in [0.25, 0.3) is 0 Å². The number of aryl methyl sites for hydroxylation is 1. The number of nitrogens with zero attached hydrogens (tertiary/aromatic N) is 3. The van der Waals surface area contributed by atoms with Gasteiger partial charge in [0.1, 0.15) is 5.60 Å². The van der Waals surface area contributed by atoms with E-state index < -0.39 is 5.60 Å². The summed E-state index contributed by atoms with van der Waals surface area (Å²) in [7, 11) is 0. The maximum absolute atomic E-state index is 12.3. The molecule has 2 aromatic rings. The van der Waals surface area contributed by atoms with Crippen LogP contribution in [0.5, 0.6) is 0 Å². The van der Waals surface area contributed by atoms with E-state index in [9.17, 15) is 4.79 Å². The van der Waals surface area contributed by atoms with Crippen molar-refractivity contribution in [2.75, 3.05) is 6.54 Å². The molecule has 0 aliphatic carbocycles. The van der Waals surface area contributed by atoms with E-state index in [0.29, 0.717) is 13.1 Å². The number of ether oxygens (including phenoxy) is 1. The average Bonchev–Trinajstić information content (AvgIpc) is 2.91. The molecule has 5 nitrogen and oxygen atoms in total. The molecule has 1 amide bonds. The van der Waals surface area contributed by atoms with Crippen molar-refractivity contribution in [1.82, 2.24) is 14.7 Å². The molecule has 142 valence electrons. The lowest BCUT2D eigenvalue weighted by molar-refractivity contribution is 0.0222. The molecular formula is C21H31N3O2. The summed E-state index contributed by atoms with van der Waals surface area (Å²) < 4.78 is 7.57. The molecule has 0 bridgehead atoms. The Balaban J connectivity index is 0.00000117. The van der Waals surface area contributed by atoms with Crippen LogP contribution in [0, 0.1) is 6.92 Å². The zero-order valence-electron chi connectivity index (χ0n) is 16.9. The van der Waals surface area contributed by atoms with Crippen LogP contribution in [0.15, 0.2) is 30.3 Å². The van der Waals surface area contributed by atoms with Crippen LogP contribution in [0.4, 0.5) is 4.79 Å². The van der Waals surface area contributed by atoms with Gasteiger partial charge in [-0.2, -0.15) is 5.10 Å². The number of carbonyl (C=O) groups excluding carboxylic acids is 1. The van der Waals surface area contributed by atoms with Crippen molar-refractivity contribution in [1.29, 1.82) is 0 Å². The third-order valence-electron chi connectivity index (χ3n) is 4.16. The molecule has 1 aromatic carbocycles. The highest BCUT2D eigenvalue weighted by Gasteiger charge is 2.29. The van der Waals surface area contributed by atoms with E-state index in [2.05, 4.69) is 16.8 Å². The summed E-state index contributed by atoms with van der Waals surface area (Å²) in [5.41, 5.74) is 4.15. The van der Waals surface area contributed by atoms with Crippen LogP contribution in [-0.4, -0.2) is 32.9 Å². The molecule has 3 rings (SSSR count). The molecule has 0 unspecified atom stereocenters. The molecule has 1 aliphatic rings. The molecule has 0 atom stereocenters. The van der Waals surface area contributed by atoms with Crippen molar-refractivity contribution in [3.63, 3.8) is 0 Å². The van der Waals surface area contributed by atoms with Gasteiger partial charge in [0, 0.05) is 24.2 Å². The topological polar surface area (TPSA) is 47.4 Å². The Hall–Kier alpha value is -2.30. The van der Waals surface area contributed by atoms with Crippen LogP contribution >= 0.6 is 0 Å². The molecule has 0 saturated heterocycles. The minimum Gasteiger partial charge on any atom is -0.444 e. The highest BCUT2D eigenvalue weighted by Crippen LogP contribution is 2.24. The highest BCUT2D eigenvalue weighted by molar-refractivity contribution is 5.68. The third kappa shape index (κ3) is 4.87. The van der Waals surface area contributed by atoms with Gasteiger partial charge in [-0.25, -0.2) is 4.79 Å². The van der Waals surface area contributed by atoms with Crippen LogP contribution in [0.1, 0.15) is 57.1 Å². The van der Waals surface area contributed by atoms with Crippen LogP contribution in [-0.2, 0) is 24.2 Å². The lowest BCUT2D eigenvalue weighted by Crippen LogP contribution is -2.40. The summed E-state index contributed by atoms with van der Waals surface area (Å²) in [6.45, 7) is 13.7. The standard InChI is InChI=1S/C19H25N3O2.C2H6/c1-14-16-13-21(18(23)24-19(2,3)4)11-10-17(16)22(20-14)12-15-8-6-5-7-9-15;1-2/h5-9H,10-13H2,1-4H3;1-2H3. The van der Waals surface area contributed by atoms with E-state index in [1.807, 2.05) is 59.7 Å². The summed E-state index contributed by atoms with van der Waals surface area (Å²) in [5.74, 6) is 0. The van der Waals surface area contributed by atoms with E-state index in [1.165, 1.54) is 11.3 Å². The summed E-state index contributed by atoms with van der Waals surface area (Å²) >= 11 is 0. The first kappa shape index (κ1) is 20.0. The van der Waals surface area contributed by atoms with Crippen molar-refractivity contribution < 1.29 is 9.53 Å². The highest BCUT2D eigenvalue weighted by atomic mass is 16.6. The van der Waals surface area contributed by atoms with Gasteiger partial charge in [0.25, 0.3) is 0 Å². The molecule has 1 aromatic heterocycles. The SMILES string of the molecule is CC.Cc1nn(Cc2ccccc2)c2c1CN(C(=O)OC(C)(C)C)CC2. The molecule has 2 heterocycles. The number of benzene rings is 1. The fourth-order valence-electron chi connectivity index (χ4n) is 3.03. The maximum atomic E-state index is 12.3. The van der Waals surface area contributed by atoms with Gasteiger partial charge in [-0.05, 0) is 33.3 Å². The van der Waals surface area contributed by atoms with Crippen molar-refractivity contribution >= 4 is 6.09 Å². The number of hydrogen-bond donors (Lipinski definition) is 0. The Labute approximate surface area is 157 Å². The van der Waals surface area contributed by atoms with Crippen molar-refractivity contribution in [2.45, 2.75) is 66.7 Å². The second kappa shape index (κ2) is 8.39. The third-order valence-corrected chi connectivity index (χ3v) is 4.16. The Bertz CT molecular complexity index is 730. The van der Waals surface area contributed by atoms with E-state index in [1.54, 1.807) is 4.90 Å². The Morgan fingerprint density at radius 2 is 1.85 bits per heavy atom. The Morgan fingerprint density at radius 1 is 1.19 bits per heavy atom. The second-order valence-corrected chi connectivity index (χ2v) is 7.31. The summed E-state index contributed by atoms with van der Waals surface area (Å²) in [6, 6.07) is 10.3. The van der Waals surface area contributed by atoms with E-state index in [-0.39, 0.29) is 6.09 Å². The summed E-state index contributed by atoms with van der Waals surface area (Å²) in [5, 5.41) is 4.69. The number of hydrogen-bond acceptors (Lipinski definition) is 3. The molecule has 0 spiro atoms. The fourth-order valence-corrected chi connectivity index (χ4v) is 3.03. The Kier molecular flexibility index (Phi) is 6.46. The molecule has 0 fully saturated rings. The van der Waals surface area contributed by atoms with Gasteiger partial charge < -0.3 is 9.64 Å². The number of rotatable bonds is 2. The fraction of sp³-hybridized carbons (Fsp3) is 0.524. The molecule has 0 saturated carbocycles. The smallest absolute Gasteiger partial charge is 0.410 e. The van der Waals surface area contributed by atoms with Gasteiger partial charge in [-0.1, -0.05) is 44.2 Å². The van der Waals surface area contributed by atoms with Gasteiger partial charge >= 0.3 is 6.09 Å². The maximum Gasteiger partial charge on any atom is 0.410 e. The van der Waals surface area contributed by atoms with Crippen LogP contribution in [0.2, 0.25) is 0 Å². The van der Waals surface area contributed by atoms with E-state index in [0.717, 1.165) is 24.2 Å². The number of amides is 1. The number of aromatic nitrogens is 2. The van der Waals surface area contributed by atoms with Crippen LogP contribution in [0.3, 0.4) is 0 Å². The first-order chi connectivity index (χ1) is 12.3. The lowest BCUT2D eigenvalue weighted by Gasteiger charge is -2.30. The predicted octanol–water partition coefficient (Wildman–Crippen LogP) is 4.56. The summed E-state index contributed by atoms with van der Waals surface area (Å²) in [6.07, 6.45) is 0.561. The molecule has 0 N–H and O–H groups in total. The van der Waals surface area contributed by atoms with Gasteiger partial charge in [0.2, 0.25) is 0 Å². The molecule has 5 heteroatoms. The lowest BCUT2D eigenvalue weighted by atomic mass is 10.1. The normalized spacial score (nSPS) is 13.5. The molecule has 26 heavy (non-hydrogen) atoms. The van der Waals surface area contributed by atoms with Crippen molar-refractivity contribution in [2.24, 2.45) is 0 Å². The van der Waals surface area contributed by atoms with Crippen molar-refractivity contribution in [3.05, 3.63) is 52.8 Å². The largest absolute Gasteiger partial charge is 0.444 e. The van der Waals surface area contributed by atoms with Gasteiger partial charge in [0.15, 0.2) is 0 Å². The first-order valence-electron chi connectivity index (χ1n) is 9.40. The second-order valence-electron chi connectivity index (χ2n) is 7.31. The van der Waals surface area contributed by atoms with Crippen LogP contribution < -0.4 is 0 Å². The van der Waals surface area contributed by atoms with E-state index >= 15 is 0 Å². The predicted molar refractivity (Wildman–Crippen MR) is 104 cm³/mol. The Morgan fingerprint density at radius 3 is 2.46 bits per heavy atom. The number of fused-ring (bicyclic) bond motifs is 1. The zero-order valence-corrected chi connectivity index (χ0v) is 16.9. The zero-order chi connectivity index (χ0) is 19.3. The quantitative estimate of drug-likeness (QED) is 0.791. The summed E-state index contributed by atoms with van der Waals surface area (Å²) in [4.78, 5) is 14.1. The molecule has 1 aliphatic heterocycles. The van der Waals surface area contributed by atoms with Gasteiger partial charge in [-0.15, -0.1) is 0 Å². The van der Waals surface area contributed by atoms with Gasteiger partial charge in [-0.3, -0.25) is 4.68 Å². The van der Waals surface area contributed by atoms with E-state index in [4.69, 9.17) is 9.84 Å². The monoisotopic (exact) mass is 357 g/mol. The minimum absolute atomic E-state index is 0.247. The first-order valence-corrected chi connectivity index (χ1v) is 9.40.